The minimum Gasteiger partial charge on any atom is -0.423 e. The highest BCUT2D eigenvalue weighted by atomic mass is 16.5. The Kier molecular flexibility index (Phi) is 8.07. The summed E-state index contributed by atoms with van der Waals surface area (Å²) in [5, 5.41) is 0. The SMILES string of the molecule is C/C=C/C=C/C#CCC/C=C/C(=O)Oc1ccccc1. The molecule has 2 nitrogen and oxygen atoms in total. The van der Waals surface area contributed by atoms with E-state index in [4.69, 9.17) is 4.74 Å². The van der Waals surface area contributed by atoms with E-state index in [9.17, 15) is 4.79 Å². The van der Waals surface area contributed by atoms with Crippen molar-refractivity contribution in [3.8, 4) is 17.6 Å². The number of para-hydroxylation sites is 1. The van der Waals surface area contributed by atoms with E-state index in [0.29, 0.717) is 5.75 Å². The smallest absolute Gasteiger partial charge is 0.335 e. The Morgan fingerprint density at radius 3 is 2.80 bits per heavy atom. The molecule has 20 heavy (non-hydrogen) atoms. The van der Waals surface area contributed by atoms with Crippen LogP contribution in [-0.2, 0) is 4.79 Å². The van der Waals surface area contributed by atoms with Crippen LogP contribution in [0.1, 0.15) is 19.8 Å². The van der Waals surface area contributed by atoms with Crippen LogP contribution in [0.3, 0.4) is 0 Å². The van der Waals surface area contributed by atoms with Gasteiger partial charge < -0.3 is 4.74 Å². The number of benzene rings is 1. The molecule has 0 saturated heterocycles. The first-order chi connectivity index (χ1) is 9.83. The molecule has 0 aliphatic heterocycles. The predicted octanol–water partition coefficient (Wildman–Crippen LogP) is 4.06. The lowest BCUT2D eigenvalue weighted by atomic mass is 10.3. The third-order valence-electron chi connectivity index (χ3n) is 2.24. The number of ether oxygens (including phenoxy) is 1. The lowest BCUT2D eigenvalue weighted by Crippen LogP contribution is -2.03. The fraction of sp³-hybridized carbons (Fsp3) is 0.167. The lowest BCUT2D eigenvalue weighted by Gasteiger charge is -1.99. The average Bonchev–Trinajstić information content (AvgIpc) is 2.46. The number of unbranched alkanes of at least 4 members (excludes halogenated alkanes) is 1. The normalized spacial score (nSPS) is 10.8. The molecule has 0 atom stereocenters. The van der Waals surface area contributed by atoms with Gasteiger partial charge in [0, 0.05) is 12.5 Å². The van der Waals surface area contributed by atoms with Crippen molar-refractivity contribution in [2.45, 2.75) is 19.8 Å². The zero-order chi connectivity index (χ0) is 14.5. The minimum atomic E-state index is -0.364. The Labute approximate surface area is 120 Å². The molecule has 0 N–H and O–H groups in total. The number of esters is 1. The third-order valence-corrected chi connectivity index (χ3v) is 2.24. The molecule has 0 fully saturated rings. The maximum absolute atomic E-state index is 11.5. The van der Waals surface area contributed by atoms with Crippen LogP contribution in [-0.4, -0.2) is 5.97 Å². The Morgan fingerprint density at radius 2 is 2.05 bits per heavy atom. The maximum Gasteiger partial charge on any atom is 0.335 e. The Morgan fingerprint density at radius 1 is 1.25 bits per heavy atom. The summed E-state index contributed by atoms with van der Waals surface area (Å²) < 4.78 is 5.11. The summed E-state index contributed by atoms with van der Waals surface area (Å²) in [6.45, 7) is 1.96. The van der Waals surface area contributed by atoms with Crippen LogP contribution in [0.15, 0.2) is 66.8 Å². The number of carbonyl (C=O) groups excluding carboxylic acids is 1. The number of hydrogen-bond donors (Lipinski definition) is 0. The number of rotatable bonds is 5. The highest BCUT2D eigenvalue weighted by Gasteiger charge is 1.97. The van der Waals surface area contributed by atoms with Gasteiger partial charge in [-0.3, -0.25) is 0 Å². The van der Waals surface area contributed by atoms with Crippen LogP contribution in [0, 0.1) is 11.8 Å². The zero-order valence-corrected chi connectivity index (χ0v) is 11.6. The van der Waals surface area contributed by atoms with Gasteiger partial charge in [-0.05, 0) is 31.6 Å². The fourth-order valence-electron chi connectivity index (χ4n) is 1.32. The van der Waals surface area contributed by atoms with E-state index >= 15 is 0 Å². The molecule has 1 aromatic carbocycles. The molecule has 0 bridgehead atoms. The van der Waals surface area contributed by atoms with E-state index in [1.807, 2.05) is 43.4 Å². The van der Waals surface area contributed by atoms with E-state index in [-0.39, 0.29) is 5.97 Å². The highest BCUT2D eigenvalue weighted by Crippen LogP contribution is 2.08. The molecule has 0 aliphatic carbocycles. The highest BCUT2D eigenvalue weighted by molar-refractivity contribution is 5.83. The van der Waals surface area contributed by atoms with Gasteiger partial charge in [0.05, 0.1) is 0 Å². The molecule has 0 aliphatic rings. The van der Waals surface area contributed by atoms with Crippen molar-refractivity contribution < 1.29 is 9.53 Å². The quantitative estimate of drug-likeness (QED) is 0.200. The molecular weight excluding hydrogens is 248 g/mol. The summed E-state index contributed by atoms with van der Waals surface area (Å²) in [6.07, 6.45) is 12.2. The van der Waals surface area contributed by atoms with Crippen LogP contribution < -0.4 is 4.74 Å². The van der Waals surface area contributed by atoms with Crippen LogP contribution in [0.5, 0.6) is 5.75 Å². The van der Waals surface area contributed by atoms with Crippen molar-refractivity contribution >= 4 is 5.97 Å². The van der Waals surface area contributed by atoms with Gasteiger partial charge in [-0.25, -0.2) is 4.79 Å². The van der Waals surface area contributed by atoms with Crippen molar-refractivity contribution in [3.63, 3.8) is 0 Å². The van der Waals surface area contributed by atoms with Crippen molar-refractivity contribution in [1.29, 1.82) is 0 Å². The third kappa shape index (κ3) is 7.73. The Balaban J connectivity index is 2.23. The van der Waals surface area contributed by atoms with E-state index in [1.54, 1.807) is 24.3 Å². The maximum atomic E-state index is 11.5. The molecule has 1 aromatic rings. The molecule has 2 heteroatoms. The predicted molar refractivity (Wildman–Crippen MR) is 82.2 cm³/mol. The summed E-state index contributed by atoms with van der Waals surface area (Å²) in [6, 6.07) is 9.01. The topological polar surface area (TPSA) is 26.3 Å². The van der Waals surface area contributed by atoms with Gasteiger partial charge in [-0.1, -0.05) is 54.3 Å². The minimum absolute atomic E-state index is 0.364. The largest absolute Gasteiger partial charge is 0.423 e. The molecule has 1 rings (SSSR count). The summed E-state index contributed by atoms with van der Waals surface area (Å²) >= 11 is 0. The summed E-state index contributed by atoms with van der Waals surface area (Å²) in [5.41, 5.74) is 0. The second kappa shape index (κ2) is 10.4. The first kappa shape index (κ1) is 15.5. The molecule has 0 amide bonds. The molecule has 0 saturated carbocycles. The van der Waals surface area contributed by atoms with Gasteiger partial charge >= 0.3 is 5.97 Å². The van der Waals surface area contributed by atoms with Crippen LogP contribution >= 0.6 is 0 Å². The van der Waals surface area contributed by atoms with E-state index in [1.165, 1.54) is 6.08 Å². The Hall–Kier alpha value is -2.53. The van der Waals surface area contributed by atoms with Crippen molar-refractivity contribution in [3.05, 3.63) is 66.8 Å². The lowest BCUT2D eigenvalue weighted by molar-refractivity contribution is -0.129. The van der Waals surface area contributed by atoms with E-state index in [2.05, 4.69) is 11.8 Å². The van der Waals surface area contributed by atoms with Crippen LogP contribution in [0.4, 0.5) is 0 Å². The summed E-state index contributed by atoms with van der Waals surface area (Å²) in [5.74, 6) is 6.10. The van der Waals surface area contributed by atoms with Gasteiger partial charge in [-0.2, -0.15) is 0 Å². The van der Waals surface area contributed by atoms with Crippen LogP contribution in [0.25, 0.3) is 0 Å². The Bertz CT molecular complexity index is 540. The molecule has 0 aromatic heterocycles. The molecular formula is C18H18O2. The average molecular weight is 266 g/mol. The second-order valence-corrected chi connectivity index (χ2v) is 3.88. The second-order valence-electron chi connectivity index (χ2n) is 3.88. The van der Waals surface area contributed by atoms with Crippen molar-refractivity contribution in [2.75, 3.05) is 0 Å². The number of allylic oxidation sites excluding steroid dienone is 5. The summed E-state index contributed by atoms with van der Waals surface area (Å²) in [4.78, 5) is 11.5. The van der Waals surface area contributed by atoms with Gasteiger partial charge in [0.1, 0.15) is 5.75 Å². The molecule has 0 unspecified atom stereocenters. The molecule has 102 valence electrons. The van der Waals surface area contributed by atoms with Gasteiger partial charge in [0.25, 0.3) is 0 Å². The van der Waals surface area contributed by atoms with Crippen LogP contribution in [0.2, 0.25) is 0 Å². The first-order valence-corrected chi connectivity index (χ1v) is 6.52. The number of hydrogen-bond acceptors (Lipinski definition) is 2. The van der Waals surface area contributed by atoms with Crippen molar-refractivity contribution in [1.82, 2.24) is 0 Å². The molecule has 0 heterocycles. The first-order valence-electron chi connectivity index (χ1n) is 6.52. The molecule has 0 radical (unpaired) electrons. The van der Waals surface area contributed by atoms with E-state index < -0.39 is 0 Å². The van der Waals surface area contributed by atoms with Gasteiger partial charge in [-0.15, -0.1) is 0 Å². The molecule has 0 spiro atoms. The standard InChI is InChI=1S/C18H18O2/c1-2-3-4-5-6-7-8-9-13-16-18(19)20-17-14-11-10-12-15-17/h2-5,10-16H,8-9H2,1H3/b3-2+,5-4+,16-13+. The number of carbonyl (C=O) groups is 1. The van der Waals surface area contributed by atoms with Gasteiger partial charge in [0.2, 0.25) is 0 Å². The van der Waals surface area contributed by atoms with Crippen molar-refractivity contribution in [2.24, 2.45) is 0 Å². The zero-order valence-electron chi connectivity index (χ0n) is 11.6. The van der Waals surface area contributed by atoms with Gasteiger partial charge in [0.15, 0.2) is 0 Å². The monoisotopic (exact) mass is 266 g/mol. The summed E-state index contributed by atoms with van der Waals surface area (Å²) in [7, 11) is 0. The van der Waals surface area contributed by atoms with E-state index in [0.717, 1.165) is 12.8 Å². The fourth-order valence-corrected chi connectivity index (χ4v) is 1.32.